The van der Waals surface area contributed by atoms with E-state index in [2.05, 4.69) is 9.97 Å². The van der Waals surface area contributed by atoms with Crippen LogP contribution in [0.3, 0.4) is 0 Å². The third kappa shape index (κ3) is 4.15. The highest BCUT2D eigenvalue weighted by molar-refractivity contribution is 6.13. The molecule has 1 amide bonds. The van der Waals surface area contributed by atoms with Crippen LogP contribution in [0, 0.1) is 17.1 Å². The maximum atomic E-state index is 14.0. The molecule has 0 radical (unpaired) electrons. The first kappa shape index (κ1) is 24.3. The molecule has 1 fully saturated rings. The van der Waals surface area contributed by atoms with Gasteiger partial charge in [-0.1, -0.05) is 12.1 Å². The summed E-state index contributed by atoms with van der Waals surface area (Å²) in [5.41, 5.74) is 4.09. The molecule has 1 saturated heterocycles. The van der Waals surface area contributed by atoms with Gasteiger partial charge in [-0.05, 0) is 30.3 Å². The third-order valence-electron chi connectivity index (χ3n) is 6.38. The first-order chi connectivity index (χ1) is 17.6. The molecule has 1 aromatic heterocycles. The number of anilines is 4. The van der Waals surface area contributed by atoms with Crippen LogP contribution in [0.4, 0.5) is 40.6 Å². The van der Waals surface area contributed by atoms with E-state index < -0.39 is 41.3 Å². The number of hydrogen-bond donors (Lipinski definition) is 2. The number of halogens is 4. The number of alkyl halides is 3. The Bertz CT molecular complexity index is 1420. The molecule has 190 valence electrons. The normalized spacial score (nSPS) is 19.7. The Labute approximate surface area is 208 Å². The van der Waals surface area contributed by atoms with Gasteiger partial charge in [0.25, 0.3) is 5.91 Å². The van der Waals surface area contributed by atoms with Gasteiger partial charge in [-0.2, -0.15) is 18.4 Å². The van der Waals surface area contributed by atoms with Crippen molar-refractivity contribution < 1.29 is 27.5 Å². The van der Waals surface area contributed by atoms with E-state index in [0.717, 1.165) is 29.4 Å². The Balaban J connectivity index is 1.69. The van der Waals surface area contributed by atoms with E-state index in [-0.39, 0.29) is 48.2 Å². The van der Waals surface area contributed by atoms with Crippen molar-refractivity contribution in [2.24, 2.45) is 0 Å². The van der Waals surface area contributed by atoms with Gasteiger partial charge in [0, 0.05) is 18.7 Å². The Morgan fingerprint density at radius 2 is 1.89 bits per heavy atom. The van der Waals surface area contributed by atoms with Gasteiger partial charge >= 0.3 is 6.18 Å². The number of aliphatic hydroxyl groups excluding tert-OH is 1. The summed E-state index contributed by atoms with van der Waals surface area (Å²) in [4.78, 5) is 25.5. The van der Waals surface area contributed by atoms with Crippen LogP contribution in [0.5, 0.6) is 0 Å². The molecule has 3 aromatic rings. The minimum atomic E-state index is -4.85. The number of benzene rings is 2. The van der Waals surface area contributed by atoms with E-state index in [1.807, 2.05) is 6.07 Å². The first-order valence-electron chi connectivity index (χ1n) is 11.1. The van der Waals surface area contributed by atoms with Crippen molar-refractivity contribution in [2.45, 2.75) is 24.9 Å². The zero-order valence-corrected chi connectivity index (χ0v) is 19.0. The van der Waals surface area contributed by atoms with Crippen LogP contribution in [-0.2, 0) is 6.18 Å². The molecule has 2 atom stereocenters. The molecule has 3 heterocycles. The van der Waals surface area contributed by atoms with Gasteiger partial charge in [-0.3, -0.25) is 9.69 Å². The van der Waals surface area contributed by atoms with E-state index in [0.29, 0.717) is 0 Å². The van der Waals surface area contributed by atoms with Crippen molar-refractivity contribution in [3.8, 4) is 6.07 Å². The number of hydrogen-bond acceptors (Lipinski definition) is 8. The summed E-state index contributed by atoms with van der Waals surface area (Å²) in [6.07, 6.45) is -5.41. The Hall–Kier alpha value is -4.44. The van der Waals surface area contributed by atoms with E-state index in [1.165, 1.54) is 29.2 Å². The molecule has 5 rings (SSSR count). The molecule has 0 unspecified atom stereocenters. The predicted molar refractivity (Wildman–Crippen MR) is 125 cm³/mol. The molecule has 9 nitrogen and oxygen atoms in total. The fraction of sp³-hybridized carbons (Fsp3) is 0.250. The molecule has 0 saturated carbocycles. The minimum Gasteiger partial charge on any atom is -0.391 e. The van der Waals surface area contributed by atoms with Crippen molar-refractivity contribution in [2.75, 3.05) is 33.6 Å². The molecule has 2 aromatic carbocycles. The topological polar surface area (TPSA) is 123 Å². The Kier molecular flexibility index (Phi) is 5.83. The number of carbonyl (C=O) groups is 1. The molecular formula is C24H19F4N7O2. The number of nitrogens with zero attached hydrogens (tertiary/aromatic N) is 6. The second kappa shape index (κ2) is 8.90. The molecule has 0 bridgehead atoms. The number of nitrogen functional groups attached to an aromatic ring is 1. The Morgan fingerprint density at radius 3 is 2.59 bits per heavy atom. The smallest absolute Gasteiger partial charge is 0.391 e. The maximum absolute atomic E-state index is 14.0. The van der Waals surface area contributed by atoms with E-state index in [9.17, 15) is 32.7 Å². The SMILES string of the molecule is N#Cc1c(N)ncnc1N1C[C@@H](O)C[C@@H]1N1CN(c2cccc(F)c2)C(=O)c2c1cccc2C(F)(F)F. The molecular weight excluding hydrogens is 494 g/mol. The summed E-state index contributed by atoms with van der Waals surface area (Å²) in [5.74, 6) is -1.61. The second-order valence-electron chi connectivity index (χ2n) is 8.61. The number of amides is 1. The van der Waals surface area contributed by atoms with Crippen molar-refractivity contribution >= 4 is 28.9 Å². The number of aromatic nitrogens is 2. The Morgan fingerprint density at radius 1 is 1.14 bits per heavy atom. The van der Waals surface area contributed by atoms with Gasteiger partial charge < -0.3 is 20.6 Å². The van der Waals surface area contributed by atoms with Crippen molar-refractivity contribution in [3.63, 3.8) is 0 Å². The number of carbonyl (C=O) groups excluding carboxylic acids is 1. The van der Waals surface area contributed by atoms with Gasteiger partial charge in [0.05, 0.1) is 22.9 Å². The van der Waals surface area contributed by atoms with Crippen LogP contribution in [-0.4, -0.2) is 46.5 Å². The summed E-state index contributed by atoms with van der Waals surface area (Å²) in [5, 5.41) is 20.2. The summed E-state index contributed by atoms with van der Waals surface area (Å²) >= 11 is 0. The lowest BCUT2D eigenvalue weighted by atomic mass is 9.99. The van der Waals surface area contributed by atoms with Crippen molar-refractivity contribution in [1.29, 1.82) is 5.26 Å². The lowest BCUT2D eigenvalue weighted by Gasteiger charge is -2.44. The average molecular weight is 513 g/mol. The lowest BCUT2D eigenvalue weighted by Crippen LogP contribution is -2.55. The van der Waals surface area contributed by atoms with Crippen molar-refractivity contribution in [3.05, 3.63) is 71.3 Å². The molecule has 13 heteroatoms. The molecule has 3 N–H and O–H groups in total. The monoisotopic (exact) mass is 513 g/mol. The minimum absolute atomic E-state index is 0.00545. The van der Waals surface area contributed by atoms with Crippen LogP contribution in [0.15, 0.2) is 48.8 Å². The summed E-state index contributed by atoms with van der Waals surface area (Å²) < 4.78 is 56.1. The summed E-state index contributed by atoms with van der Waals surface area (Å²) in [7, 11) is 0. The first-order valence-corrected chi connectivity index (χ1v) is 11.1. The molecule has 0 aliphatic carbocycles. The highest BCUT2D eigenvalue weighted by atomic mass is 19.4. The number of nitriles is 1. The number of aliphatic hydroxyl groups is 1. The maximum Gasteiger partial charge on any atom is 0.417 e. The molecule has 2 aliphatic rings. The standard InChI is InChI=1S/C24H19F4N7O2/c25-13-3-1-4-14(7-13)34-12-35(18-6-2-5-17(24(26,27)28)20(18)23(34)37)19-8-15(36)10-33(19)22-16(9-29)21(30)31-11-32-22/h1-7,11,15,19,36H,8,10,12H2,(H2,30,31,32)/t15-,19-/m0/s1. The molecule has 0 spiro atoms. The van der Waals surface area contributed by atoms with Crippen LogP contribution in [0.25, 0.3) is 0 Å². The number of β-amino-alcohol motifs (C(OH)–C–C–N with tert-alkyl or cyclic N) is 1. The van der Waals surface area contributed by atoms with E-state index in [4.69, 9.17) is 5.73 Å². The van der Waals surface area contributed by atoms with Crippen molar-refractivity contribution in [1.82, 2.24) is 9.97 Å². The largest absolute Gasteiger partial charge is 0.417 e. The number of rotatable bonds is 3. The fourth-order valence-corrected chi connectivity index (χ4v) is 4.80. The van der Waals surface area contributed by atoms with Gasteiger partial charge in [-0.15, -0.1) is 0 Å². The van der Waals surface area contributed by atoms with Gasteiger partial charge in [0.15, 0.2) is 5.82 Å². The number of nitrogens with two attached hydrogens (primary N) is 1. The van der Waals surface area contributed by atoms with Crippen LogP contribution >= 0.6 is 0 Å². The highest BCUT2D eigenvalue weighted by Crippen LogP contribution is 2.42. The molecule has 37 heavy (non-hydrogen) atoms. The van der Waals surface area contributed by atoms with Gasteiger partial charge in [0.2, 0.25) is 0 Å². The third-order valence-corrected chi connectivity index (χ3v) is 6.38. The van der Waals surface area contributed by atoms with Gasteiger partial charge in [0.1, 0.15) is 42.4 Å². The average Bonchev–Trinajstić information content (AvgIpc) is 3.24. The fourth-order valence-electron chi connectivity index (χ4n) is 4.80. The van der Waals surface area contributed by atoms with E-state index >= 15 is 0 Å². The highest BCUT2D eigenvalue weighted by Gasteiger charge is 2.46. The number of fused-ring (bicyclic) bond motifs is 1. The quantitative estimate of drug-likeness (QED) is 0.513. The zero-order chi connectivity index (χ0) is 26.5. The van der Waals surface area contributed by atoms with Crippen LogP contribution in [0.1, 0.15) is 27.9 Å². The second-order valence-corrected chi connectivity index (χ2v) is 8.61. The van der Waals surface area contributed by atoms with E-state index in [1.54, 1.807) is 4.90 Å². The lowest BCUT2D eigenvalue weighted by molar-refractivity contribution is -0.137. The summed E-state index contributed by atoms with van der Waals surface area (Å²) in [6, 6.07) is 10.3. The van der Waals surface area contributed by atoms with Crippen LogP contribution < -0.4 is 20.4 Å². The summed E-state index contributed by atoms with van der Waals surface area (Å²) in [6.45, 7) is -0.262. The van der Waals surface area contributed by atoms with Gasteiger partial charge in [-0.25, -0.2) is 14.4 Å². The zero-order valence-electron chi connectivity index (χ0n) is 19.0. The predicted octanol–water partition coefficient (Wildman–Crippen LogP) is 3.11. The van der Waals surface area contributed by atoms with Crippen LogP contribution in [0.2, 0.25) is 0 Å². The molecule has 2 aliphatic heterocycles.